The highest BCUT2D eigenvalue weighted by Crippen LogP contribution is 2.24. The van der Waals surface area contributed by atoms with Gasteiger partial charge < -0.3 is 15.7 Å². The molecule has 1 heterocycles. The van der Waals surface area contributed by atoms with Gasteiger partial charge >= 0.3 is 0 Å². The van der Waals surface area contributed by atoms with Crippen molar-refractivity contribution < 1.29 is 9.90 Å². The maximum Gasteiger partial charge on any atom is 0.237 e. The molecule has 100 valence electrons. The van der Waals surface area contributed by atoms with Crippen molar-refractivity contribution in [1.29, 1.82) is 0 Å². The Balaban J connectivity index is 2.49. The minimum Gasteiger partial charge on any atom is -0.396 e. The molecular weight excluding hydrogens is 216 g/mol. The van der Waals surface area contributed by atoms with Crippen molar-refractivity contribution in [3.05, 3.63) is 0 Å². The van der Waals surface area contributed by atoms with Gasteiger partial charge in [-0.1, -0.05) is 13.8 Å². The van der Waals surface area contributed by atoms with Gasteiger partial charge in [-0.15, -0.1) is 0 Å². The van der Waals surface area contributed by atoms with Crippen molar-refractivity contribution in [3.63, 3.8) is 0 Å². The third-order valence-electron chi connectivity index (χ3n) is 4.09. The maximum absolute atomic E-state index is 11.8. The van der Waals surface area contributed by atoms with E-state index in [2.05, 4.69) is 24.5 Å². The summed E-state index contributed by atoms with van der Waals surface area (Å²) in [6.07, 6.45) is 4.92. The Morgan fingerprint density at radius 3 is 2.71 bits per heavy atom. The van der Waals surface area contributed by atoms with Crippen molar-refractivity contribution in [3.8, 4) is 0 Å². The van der Waals surface area contributed by atoms with Crippen LogP contribution in [0, 0.1) is 5.41 Å². The Bertz CT molecular complexity index is 231. The summed E-state index contributed by atoms with van der Waals surface area (Å²) in [6, 6.07) is -0.0819. The number of hydrogen-bond acceptors (Lipinski definition) is 3. The Morgan fingerprint density at radius 1 is 1.41 bits per heavy atom. The van der Waals surface area contributed by atoms with Crippen LogP contribution in [0.25, 0.3) is 0 Å². The fourth-order valence-corrected chi connectivity index (χ4v) is 2.25. The molecule has 17 heavy (non-hydrogen) atoms. The van der Waals surface area contributed by atoms with Crippen LogP contribution >= 0.6 is 0 Å². The first-order valence-electron chi connectivity index (χ1n) is 6.79. The molecule has 1 aliphatic rings. The second-order valence-electron chi connectivity index (χ2n) is 5.09. The van der Waals surface area contributed by atoms with Gasteiger partial charge in [0.25, 0.3) is 0 Å². The van der Waals surface area contributed by atoms with Crippen LogP contribution in [0.1, 0.15) is 46.0 Å². The molecule has 1 aliphatic heterocycles. The second-order valence-corrected chi connectivity index (χ2v) is 5.09. The average Bonchev–Trinajstić information content (AvgIpc) is 2.57. The van der Waals surface area contributed by atoms with E-state index >= 15 is 0 Å². The minimum absolute atomic E-state index is 0.0768. The third kappa shape index (κ3) is 3.96. The zero-order valence-electron chi connectivity index (χ0n) is 11.1. The number of nitrogens with one attached hydrogen (secondary N) is 2. The van der Waals surface area contributed by atoms with Crippen LogP contribution in [0.15, 0.2) is 0 Å². The summed E-state index contributed by atoms with van der Waals surface area (Å²) in [4.78, 5) is 11.8. The number of amides is 1. The highest BCUT2D eigenvalue weighted by molar-refractivity contribution is 5.81. The molecule has 1 saturated heterocycles. The van der Waals surface area contributed by atoms with Gasteiger partial charge in [0, 0.05) is 25.1 Å². The van der Waals surface area contributed by atoms with E-state index in [0.29, 0.717) is 6.54 Å². The Morgan fingerprint density at radius 2 is 2.12 bits per heavy atom. The van der Waals surface area contributed by atoms with Gasteiger partial charge in [-0.25, -0.2) is 0 Å². The van der Waals surface area contributed by atoms with E-state index in [9.17, 15) is 9.90 Å². The lowest BCUT2D eigenvalue weighted by molar-refractivity contribution is -0.123. The van der Waals surface area contributed by atoms with Gasteiger partial charge in [-0.3, -0.25) is 4.79 Å². The van der Waals surface area contributed by atoms with Crippen molar-refractivity contribution >= 4 is 5.91 Å². The molecule has 0 spiro atoms. The zero-order chi connectivity index (χ0) is 12.7. The fourth-order valence-electron chi connectivity index (χ4n) is 2.25. The van der Waals surface area contributed by atoms with Crippen LogP contribution in [-0.4, -0.2) is 36.8 Å². The predicted molar refractivity (Wildman–Crippen MR) is 68.8 cm³/mol. The number of carbonyl (C=O) groups excluding carboxylic acids is 1. The van der Waals surface area contributed by atoms with Crippen LogP contribution in [0.5, 0.6) is 0 Å². The maximum atomic E-state index is 11.8. The molecule has 1 fully saturated rings. The molecule has 0 bridgehead atoms. The lowest BCUT2D eigenvalue weighted by Crippen LogP contribution is -2.47. The first kappa shape index (κ1) is 14.5. The lowest BCUT2D eigenvalue weighted by atomic mass is 9.83. The van der Waals surface area contributed by atoms with Crippen LogP contribution in [-0.2, 0) is 4.79 Å². The minimum atomic E-state index is -0.0819. The summed E-state index contributed by atoms with van der Waals surface area (Å²) in [6.45, 7) is 5.88. The third-order valence-corrected chi connectivity index (χ3v) is 4.09. The smallest absolute Gasteiger partial charge is 0.237 e. The van der Waals surface area contributed by atoms with E-state index in [4.69, 9.17) is 0 Å². The Hall–Kier alpha value is -0.610. The first-order valence-corrected chi connectivity index (χ1v) is 6.79. The molecule has 1 unspecified atom stereocenters. The molecule has 1 rings (SSSR count). The van der Waals surface area contributed by atoms with E-state index in [1.54, 1.807) is 0 Å². The summed E-state index contributed by atoms with van der Waals surface area (Å²) in [5.74, 6) is 0.113. The van der Waals surface area contributed by atoms with Crippen LogP contribution in [0.3, 0.4) is 0 Å². The van der Waals surface area contributed by atoms with Crippen LogP contribution in [0.2, 0.25) is 0 Å². The summed E-state index contributed by atoms with van der Waals surface area (Å²) in [5, 5.41) is 15.7. The highest BCUT2D eigenvalue weighted by atomic mass is 16.3. The van der Waals surface area contributed by atoms with Gasteiger partial charge in [0.15, 0.2) is 0 Å². The molecule has 1 atom stereocenters. The van der Waals surface area contributed by atoms with E-state index in [1.165, 1.54) is 0 Å². The first-order chi connectivity index (χ1) is 8.17. The fraction of sp³-hybridized carbons (Fsp3) is 0.923. The number of carbonyl (C=O) groups is 1. The number of aliphatic hydroxyl groups is 1. The second kappa shape index (κ2) is 6.97. The van der Waals surface area contributed by atoms with Crippen LogP contribution < -0.4 is 10.6 Å². The molecule has 0 aromatic carbocycles. The van der Waals surface area contributed by atoms with Gasteiger partial charge in [0.05, 0.1) is 6.04 Å². The molecule has 4 nitrogen and oxygen atoms in total. The topological polar surface area (TPSA) is 61.4 Å². The Labute approximate surface area is 104 Å². The summed E-state index contributed by atoms with van der Waals surface area (Å²) < 4.78 is 0. The molecule has 4 heteroatoms. The predicted octanol–water partition coefficient (Wildman–Crippen LogP) is 1.04. The molecule has 0 aromatic heterocycles. The molecule has 0 saturated carbocycles. The van der Waals surface area contributed by atoms with Gasteiger partial charge in [-0.2, -0.15) is 0 Å². The molecule has 3 N–H and O–H groups in total. The molecule has 0 aromatic rings. The van der Waals surface area contributed by atoms with Crippen molar-refractivity contribution in [2.75, 3.05) is 19.7 Å². The highest BCUT2D eigenvalue weighted by Gasteiger charge is 2.28. The quantitative estimate of drug-likeness (QED) is 0.652. The van der Waals surface area contributed by atoms with Gasteiger partial charge in [-0.05, 0) is 32.1 Å². The molecule has 0 radical (unpaired) electrons. The van der Waals surface area contributed by atoms with Gasteiger partial charge in [0.2, 0.25) is 5.91 Å². The molecule has 0 aliphatic carbocycles. The Kier molecular flexibility index (Phi) is 5.92. The largest absolute Gasteiger partial charge is 0.396 e. The van der Waals surface area contributed by atoms with E-state index in [-0.39, 0.29) is 24.0 Å². The molecule has 1 amide bonds. The van der Waals surface area contributed by atoms with Crippen molar-refractivity contribution in [2.24, 2.45) is 5.41 Å². The standard InChI is InChI=1S/C13H26N2O2/c1-3-13(4-2,10-16)9-15-11-7-5-6-8-14-12(11)17/h11,15-16H,3-10H2,1-2H3,(H,14,17). The lowest BCUT2D eigenvalue weighted by Gasteiger charge is -2.31. The van der Waals surface area contributed by atoms with Crippen LogP contribution in [0.4, 0.5) is 0 Å². The number of hydrogen-bond donors (Lipinski definition) is 3. The SMILES string of the molecule is CCC(CC)(CO)CNC1CCCCNC1=O. The summed E-state index contributed by atoms with van der Waals surface area (Å²) >= 11 is 0. The number of rotatable bonds is 6. The zero-order valence-corrected chi connectivity index (χ0v) is 11.1. The van der Waals surface area contributed by atoms with E-state index in [0.717, 1.165) is 38.6 Å². The summed E-state index contributed by atoms with van der Waals surface area (Å²) in [5.41, 5.74) is -0.0768. The van der Waals surface area contributed by atoms with E-state index in [1.807, 2.05) is 0 Å². The van der Waals surface area contributed by atoms with E-state index < -0.39 is 0 Å². The number of aliphatic hydroxyl groups excluding tert-OH is 1. The van der Waals surface area contributed by atoms with Crippen molar-refractivity contribution in [2.45, 2.75) is 52.0 Å². The average molecular weight is 242 g/mol. The van der Waals surface area contributed by atoms with Gasteiger partial charge in [0.1, 0.15) is 0 Å². The summed E-state index contributed by atoms with van der Waals surface area (Å²) in [7, 11) is 0. The van der Waals surface area contributed by atoms with Crippen molar-refractivity contribution in [1.82, 2.24) is 10.6 Å². The monoisotopic (exact) mass is 242 g/mol. The molecular formula is C13H26N2O2. The normalized spacial score (nSPS) is 22.1.